The molecule has 9 nitrogen and oxygen atoms in total. The van der Waals surface area contributed by atoms with Gasteiger partial charge in [-0.25, -0.2) is 19.9 Å². The molecule has 0 aliphatic heterocycles. The number of nitrogens with zero attached hydrogens (tertiary/aromatic N) is 6. The van der Waals surface area contributed by atoms with E-state index in [2.05, 4.69) is 36.3 Å². The summed E-state index contributed by atoms with van der Waals surface area (Å²) in [4.78, 5) is 21.4. The largest absolute Gasteiger partial charge is 0.383 e. The Bertz CT molecular complexity index is 1310. The molecule has 0 saturated carbocycles. The molecule has 4 rings (SSSR count). The quantitative estimate of drug-likeness (QED) is 0.401. The summed E-state index contributed by atoms with van der Waals surface area (Å²) in [5.74, 6) is 1.13. The molecular formula is C23H19N9. The molecule has 32 heavy (non-hydrogen) atoms. The molecule has 4 aromatic rings. The van der Waals surface area contributed by atoms with Crippen LogP contribution in [0.15, 0.2) is 67.4 Å². The first-order valence-electron chi connectivity index (χ1n) is 9.76. The SMILES string of the molecule is CC(Nc1ncnc(N)c1C(=N)c1cccc(C#N)c1)c1ccnc(-c2cccnc2)n1. The molecule has 3 heterocycles. The number of nitrogens with two attached hydrogens (primary N) is 1. The molecule has 156 valence electrons. The third-order valence-electron chi connectivity index (χ3n) is 4.80. The van der Waals surface area contributed by atoms with E-state index in [0.29, 0.717) is 28.3 Å². The molecule has 0 saturated heterocycles. The van der Waals surface area contributed by atoms with Gasteiger partial charge in [-0.05, 0) is 37.3 Å². The van der Waals surface area contributed by atoms with Crippen molar-refractivity contribution in [1.29, 1.82) is 10.7 Å². The summed E-state index contributed by atoms with van der Waals surface area (Å²) in [6.07, 6.45) is 6.43. The number of nitrogens with one attached hydrogen (secondary N) is 2. The number of rotatable bonds is 6. The average Bonchev–Trinajstić information content (AvgIpc) is 2.84. The second-order valence-electron chi connectivity index (χ2n) is 6.96. The summed E-state index contributed by atoms with van der Waals surface area (Å²) in [7, 11) is 0. The van der Waals surface area contributed by atoms with Crippen LogP contribution < -0.4 is 11.1 Å². The predicted molar refractivity (Wildman–Crippen MR) is 121 cm³/mol. The molecule has 0 aliphatic rings. The molecule has 0 fully saturated rings. The van der Waals surface area contributed by atoms with Crippen LogP contribution in [-0.4, -0.2) is 30.6 Å². The maximum atomic E-state index is 9.18. The summed E-state index contributed by atoms with van der Waals surface area (Å²) in [6, 6.07) is 14.1. The summed E-state index contributed by atoms with van der Waals surface area (Å²) >= 11 is 0. The van der Waals surface area contributed by atoms with Crippen LogP contribution in [0.1, 0.15) is 35.3 Å². The Labute approximate surface area is 184 Å². The summed E-state index contributed by atoms with van der Waals surface area (Å²) in [6.45, 7) is 1.93. The molecule has 0 radical (unpaired) electrons. The molecule has 0 amide bonds. The van der Waals surface area contributed by atoms with Gasteiger partial charge in [0.2, 0.25) is 0 Å². The van der Waals surface area contributed by atoms with E-state index in [1.54, 1.807) is 42.9 Å². The van der Waals surface area contributed by atoms with Gasteiger partial charge >= 0.3 is 0 Å². The van der Waals surface area contributed by atoms with Gasteiger partial charge in [0.25, 0.3) is 0 Å². The van der Waals surface area contributed by atoms with Gasteiger partial charge in [-0.1, -0.05) is 12.1 Å². The van der Waals surface area contributed by atoms with Crippen LogP contribution in [-0.2, 0) is 0 Å². The highest BCUT2D eigenvalue weighted by Gasteiger charge is 2.19. The van der Waals surface area contributed by atoms with Gasteiger partial charge in [-0.3, -0.25) is 10.4 Å². The number of benzene rings is 1. The minimum Gasteiger partial charge on any atom is -0.383 e. The Balaban J connectivity index is 1.65. The molecule has 4 N–H and O–H groups in total. The lowest BCUT2D eigenvalue weighted by atomic mass is 10.0. The average molecular weight is 421 g/mol. The normalized spacial score (nSPS) is 11.4. The van der Waals surface area contributed by atoms with Crippen molar-refractivity contribution in [3.05, 3.63) is 89.8 Å². The zero-order chi connectivity index (χ0) is 22.5. The number of hydrogen-bond acceptors (Lipinski definition) is 9. The van der Waals surface area contributed by atoms with Crippen molar-refractivity contribution < 1.29 is 0 Å². The van der Waals surface area contributed by atoms with Crippen molar-refractivity contribution >= 4 is 17.3 Å². The minimum atomic E-state index is -0.264. The van der Waals surface area contributed by atoms with Crippen LogP contribution in [0.2, 0.25) is 0 Å². The van der Waals surface area contributed by atoms with Crippen molar-refractivity contribution in [2.75, 3.05) is 11.1 Å². The van der Waals surface area contributed by atoms with E-state index in [0.717, 1.165) is 11.3 Å². The van der Waals surface area contributed by atoms with Gasteiger partial charge in [0.1, 0.15) is 18.0 Å². The van der Waals surface area contributed by atoms with Gasteiger partial charge in [-0.15, -0.1) is 0 Å². The molecule has 0 aliphatic carbocycles. The number of hydrogen-bond donors (Lipinski definition) is 3. The number of pyridine rings is 1. The predicted octanol–water partition coefficient (Wildman–Crippen LogP) is 3.37. The molecule has 0 bridgehead atoms. The molecular weight excluding hydrogens is 402 g/mol. The third-order valence-corrected chi connectivity index (χ3v) is 4.80. The van der Waals surface area contributed by atoms with Crippen molar-refractivity contribution in [2.24, 2.45) is 0 Å². The van der Waals surface area contributed by atoms with Gasteiger partial charge in [0, 0.05) is 29.7 Å². The van der Waals surface area contributed by atoms with Crippen molar-refractivity contribution in [2.45, 2.75) is 13.0 Å². The van der Waals surface area contributed by atoms with E-state index < -0.39 is 0 Å². The lowest BCUT2D eigenvalue weighted by molar-refractivity contribution is 0.823. The van der Waals surface area contributed by atoms with Crippen molar-refractivity contribution in [1.82, 2.24) is 24.9 Å². The zero-order valence-corrected chi connectivity index (χ0v) is 17.2. The first-order chi connectivity index (χ1) is 15.6. The minimum absolute atomic E-state index is 0.119. The topological polar surface area (TPSA) is 150 Å². The van der Waals surface area contributed by atoms with Crippen LogP contribution >= 0.6 is 0 Å². The maximum absolute atomic E-state index is 9.18. The number of anilines is 2. The van der Waals surface area contributed by atoms with Crippen molar-refractivity contribution in [3.8, 4) is 17.5 Å². The smallest absolute Gasteiger partial charge is 0.161 e. The van der Waals surface area contributed by atoms with Gasteiger partial charge < -0.3 is 11.1 Å². The van der Waals surface area contributed by atoms with Crippen LogP contribution in [0.25, 0.3) is 11.4 Å². The monoisotopic (exact) mass is 421 g/mol. The van der Waals surface area contributed by atoms with Gasteiger partial charge in [-0.2, -0.15) is 5.26 Å². The zero-order valence-electron chi connectivity index (χ0n) is 17.2. The Morgan fingerprint density at radius 2 is 2.00 bits per heavy atom. The van der Waals surface area contributed by atoms with Crippen LogP contribution in [0, 0.1) is 16.7 Å². The van der Waals surface area contributed by atoms with Crippen molar-refractivity contribution in [3.63, 3.8) is 0 Å². The Kier molecular flexibility index (Phi) is 5.76. The number of aromatic nitrogens is 5. The first kappa shape index (κ1) is 20.6. The standard InChI is InChI=1S/C23H19N9/c1-14(18-7-9-28-22(32-18)17-6-3-8-27-12-17)31-23-19(21(26)29-13-30-23)20(25)16-5-2-4-15(10-16)11-24/h2-10,12-14,25H,1H3,(H3,26,29,30,31). The van der Waals surface area contributed by atoms with E-state index in [4.69, 9.17) is 11.1 Å². The molecule has 1 unspecified atom stereocenters. The summed E-state index contributed by atoms with van der Waals surface area (Å²) in [5, 5.41) is 21.1. The van der Waals surface area contributed by atoms with Crippen LogP contribution in [0.4, 0.5) is 11.6 Å². The molecule has 0 spiro atoms. The summed E-state index contributed by atoms with van der Waals surface area (Å²) in [5.41, 5.74) is 9.14. The second-order valence-corrected chi connectivity index (χ2v) is 6.96. The number of nitriles is 1. The van der Waals surface area contributed by atoms with E-state index in [1.165, 1.54) is 6.33 Å². The van der Waals surface area contributed by atoms with Crippen LogP contribution in [0.3, 0.4) is 0 Å². The lowest BCUT2D eigenvalue weighted by Gasteiger charge is -2.18. The first-order valence-corrected chi connectivity index (χ1v) is 9.76. The highest BCUT2D eigenvalue weighted by atomic mass is 15.1. The Hall–Kier alpha value is -4.71. The van der Waals surface area contributed by atoms with E-state index >= 15 is 0 Å². The maximum Gasteiger partial charge on any atom is 0.161 e. The highest BCUT2D eigenvalue weighted by Crippen LogP contribution is 2.26. The Morgan fingerprint density at radius 1 is 1.12 bits per heavy atom. The van der Waals surface area contributed by atoms with Gasteiger partial charge in [0.05, 0.1) is 34.6 Å². The molecule has 9 heteroatoms. The van der Waals surface area contributed by atoms with Gasteiger partial charge in [0.15, 0.2) is 5.82 Å². The Morgan fingerprint density at radius 3 is 2.78 bits per heavy atom. The highest BCUT2D eigenvalue weighted by molar-refractivity contribution is 6.16. The molecule has 1 atom stereocenters. The van der Waals surface area contributed by atoms with Crippen LogP contribution in [0.5, 0.6) is 0 Å². The molecule has 3 aromatic heterocycles. The van der Waals surface area contributed by atoms with E-state index in [9.17, 15) is 5.26 Å². The van der Waals surface area contributed by atoms with E-state index in [-0.39, 0.29) is 17.6 Å². The second kappa shape index (κ2) is 8.97. The number of nitrogen functional groups attached to an aromatic ring is 1. The lowest BCUT2D eigenvalue weighted by Crippen LogP contribution is -2.17. The molecule has 1 aromatic carbocycles. The fourth-order valence-electron chi connectivity index (χ4n) is 3.17. The fraction of sp³-hybridized carbons (Fsp3) is 0.0870. The third kappa shape index (κ3) is 4.24. The fourth-order valence-corrected chi connectivity index (χ4v) is 3.17. The van der Waals surface area contributed by atoms with E-state index in [1.807, 2.05) is 25.1 Å². The summed E-state index contributed by atoms with van der Waals surface area (Å²) < 4.78 is 0.